The Kier molecular flexibility index (Phi) is 5.04. The Hall–Kier alpha value is -3.48. The lowest BCUT2D eigenvalue weighted by Gasteiger charge is -2.37. The quantitative estimate of drug-likeness (QED) is 0.668. The number of nitrogens with one attached hydrogen (secondary N) is 1. The molecule has 0 spiro atoms. The predicted molar refractivity (Wildman–Crippen MR) is 119 cm³/mol. The Morgan fingerprint density at radius 1 is 1.16 bits per heavy atom. The first-order valence-corrected chi connectivity index (χ1v) is 11.0. The zero-order valence-corrected chi connectivity index (χ0v) is 18.4. The minimum Gasteiger partial charge on any atom is -0.442 e. The van der Waals surface area contributed by atoms with E-state index in [1.807, 2.05) is 45.7 Å². The number of nitrogens with zero attached hydrogens (tertiary/aromatic N) is 4. The minimum atomic E-state index is -0.334. The highest BCUT2D eigenvalue weighted by atomic mass is 16.5. The van der Waals surface area contributed by atoms with Gasteiger partial charge in [0.05, 0.1) is 11.9 Å². The van der Waals surface area contributed by atoms with Crippen molar-refractivity contribution >= 4 is 5.78 Å². The Labute approximate surface area is 186 Å². The van der Waals surface area contributed by atoms with Gasteiger partial charge in [-0.05, 0) is 17.4 Å². The first-order valence-electron chi connectivity index (χ1n) is 11.0. The molecule has 7 heteroatoms. The van der Waals surface area contributed by atoms with Crippen LogP contribution in [-0.2, 0) is 17.9 Å². The molecule has 0 amide bonds. The highest BCUT2D eigenvalue weighted by Gasteiger charge is 2.43. The number of carbonyl (C=O) groups is 1. The van der Waals surface area contributed by atoms with Gasteiger partial charge in [0, 0.05) is 49.8 Å². The van der Waals surface area contributed by atoms with E-state index in [1.165, 1.54) is 0 Å². The fourth-order valence-corrected chi connectivity index (χ4v) is 4.79. The summed E-state index contributed by atoms with van der Waals surface area (Å²) in [4.78, 5) is 22.0. The molecule has 0 bridgehead atoms. The number of ketones is 1. The molecule has 0 radical (unpaired) electrons. The van der Waals surface area contributed by atoms with Crippen LogP contribution in [0.1, 0.15) is 50.2 Å². The normalized spacial score (nSPS) is 19.3. The van der Waals surface area contributed by atoms with E-state index in [4.69, 9.17) is 10.1 Å². The van der Waals surface area contributed by atoms with Crippen LogP contribution in [0.5, 0.6) is 5.88 Å². The molecule has 0 unspecified atom stereocenters. The maximum Gasteiger partial charge on any atom is 0.228 e. The summed E-state index contributed by atoms with van der Waals surface area (Å²) < 4.78 is 10.1. The van der Waals surface area contributed by atoms with Gasteiger partial charge in [-0.15, -0.1) is 0 Å². The van der Waals surface area contributed by atoms with E-state index in [0.29, 0.717) is 47.6 Å². The summed E-state index contributed by atoms with van der Waals surface area (Å²) in [6, 6.07) is 9.95. The number of aromatic nitrogens is 4. The van der Waals surface area contributed by atoms with Crippen LogP contribution in [0.25, 0.3) is 0 Å². The molecule has 7 nitrogen and oxygen atoms in total. The van der Waals surface area contributed by atoms with Crippen molar-refractivity contribution < 1.29 is 9.53 Å². The average Bonchev–Trinajstić information content (AvgIpc) is 3.27. The van der Waals surface area contributed by atoms with Gasteiger partial charge in [0.25, 0.3) is 0 Å². The fraction of sp³-hybridized carbons (Fsp3) is 0.360. The van der Waals surface area contributed by atoms with Gasteiger partial charge in [0.15, 0.2) is 5.78 Å². The second-order valence-electron chi connectivity index (χ2n) is 9.38. The lowest BCUT2D eigenvalue weighted by molar-refractivity contribution is -0.118. The molecule has 2 aromatic heterocycles. The summed E-state index contributed by atoms with van der Waals surface area (Å²) in [6.45, 7) is 5.64. The van der Waals surface area contributed by atoms with E-state index in [2.05, 4.69) is 23.8 Å². The van der Waals surface area contributed by atoms with Crippen LogP contribution < -0.4 is 10.2 Å². The standard InChI is InChI=1S/C25H27N5O2/c1-25(2)13-18(31)21-19(14-25)32-24-22(20(21)17-7-4-3-5-8-17)23(26)30(16-28-24)11-6-10-29-12-9-27-15-29/h3-5,7-9,12,15-16,20,26H,6,10-11,13-14H2,1-2H3/t20-/m0/s1. The van der Waals surface area contributed by atoms with Crippen molar-refractivity contribution in [1.82, 2.24) is 19.1 Å². The van der Waals surface area contributed by atoms with Gasteiger partial charge in [-0.1, -0.05) is 44.2 Å². The van der Waals surface area contributed by atoms with Crippen molar-refractivity contribution in [3.63, 3.8) is 0 Å². The highest BCUT2D eigenvalue weighted by Crippen LogP contribution is 2.48. The number of fused-ring (bicyclic) bond motifs is 1. The molecule has 164 valence electrons. The number of ether oxygens (including phenoxy) is 1. The predicted octanol–water partition coefficient (Wildman–Crippen LogP) is 3.82. The number of benzene rings is 1. The maximum absolute atomic E-state index is 13.3. The molecule has 1 atom stereocenters. The number of rotatable bonds is 5. The summed E-state index contributed by atoms with van der Waals surface area (Å²) in [5, 5.41) is 9.00. The largest absolute Gasteiger partial charge is 0.442 e. The molecule has 1 aliphatic carbocycles. The van der Waals surface area contributed by atoms with Crippen LogP contribution in [0.15, 0.2) is 66.7 Å². The Bertz CT molecular complexity index is 1240. The van der Waals surface area contributed by atoms with E-state index < -0.39 is 0 Å². The number of hydrogen-bond donors (Lipinski definition) is 1. The third-order valence-electron chi connectivity index (χ3n) is 6.27. The van der Waals surface area contributed by atoms with Crippen molar-refractivity contribution in [1.29, 1.82) is 5.41 Å². The monoisotopic (exact) mass is 429 g/mol. The van der Waals surface area contributed by atoms with Crippen LogP contribution in [-0.4, -0.2) is 24.9 Å². The smallest absolute Gasteiger partial charge is 0.228 e. The molecular formula is C25H27N5O2. The lowest BCUT2D eigenvalue weighted by atomic mass is 9.70. The van der Waals surface area contributed by atoms with E-state index in [1.54, 1.807) is 18.9 Å². The van der Waals surface area contributed by atoms with Gasteiger partial charge in [-0.3, -0.25) is 10.2 Å². The second-order valence-corrected chi connectivity index (χ2v) is 9.38. The summed E-state index contributed by atoms with van der Waals surface area (Å²) >= 11 is 0. The third kappa shape index (κ3) is 3.68. The SMILES string of the molecule is CC1(C)CC(=O)C2=C(C1)Oc1ncn(CCCn3ccnc3)c(=N)c1[C@H]2c1ccccc1. The molecule has 32 heavy (non-hydrogen) atoms. The third-order valence-corrected chi connectivity index (χ3v) is 6.27. The molecule has 3 aromatic rings. The number of carbonyl (C=O) groups excluding carboxylic acids is 1. The molecule has 0 saturated heterocycles. The van der Waals surface area contributed by atoms with Gasteiger partial charge < -0.3 is 13.9 Å². The van der Waals surface area contributed by atoms with E-state index in [9.17, 15) is 4.79 Å². The zero-order valence-electron chi connectivity index (χ0n) is 18.4. The van der Waals surface area contributed by atoms with E-state index >= 15 is 0 Å². The molecule has 5 rings (SSSR count). The number of imidazole rings is 1. The molecular weight excluding hydrogens is 402 g/mol. The molecule has 1 aromatic carbocycles. The zero-order chi connectivity index (χ0) is 22.3. The molecule has 1 N–H and O–H groups in total. The average molecular weight is 430 g/mol. The lowest BCUT2D eigenvalue weighted by Crippen LogP contribution is -2.37. The summed E-state index contributed by atoms with van der Waals surface area (Å²) in [7, 11) is 0. The van der Waals surface area contributed by atoms with Crippen molar-refractivity contribution in [2.75, 3.05) is 0 Å². The first-order chi connectivity index (χ1) is 15.4. The van der Waals surface area contributed by atoms with Gasteiger partial charge in [-0.25, -0.2) is 9.97 Å². The minimum absolute atomic E-state index is 0.102. The number of Topliss-reactive ketones (excluding diaryl/α,β-unsaturated/α-hetero) is 1. The molecule has 2 aliphatic rings. The molecule has 0 fully saturated rings. The van der Waals surface area contributed by atoms with Crippen LogP contribution in [0.2, 0.25) is 0 Å². The second kappa shape index (κ2) is 7.89. The fourth-order valence-electron chi connectivity index (χ4n) is 4.79. The Morgan fingerprint density at radius 3 is 2.72 bits per heavy atom. The van der Waals surface area contributed by atoms with Crippen LogP contribution in [0, 0.1) is 10.8 Å². The maximum atomic E-state index is 13.3. The Balaban J connectivity index is 1.56. The highest BCUT2D eigenvalue weighted by molar-refractivity contribution is 6.00. The first kappa shape index (κ1) is 20.4. The summed E-state index contributed by atoms with van der Waals surface area (Å²) in [5.74, 6) is 0.918. The van der Waals surface area contributed by atoms with Gasteiger partial charge in [-0.2, -0.15) is 0 Å². The number of aryl methyl sites for hydroxylation is 2. The topological polar surface area (TPSA) is 85.8 Å². The number of hydrogen-bond acceptors (Lipinski definition) is 5. The van der Waals surface area contributed by atoms with Gasteiger partial charge >= 0.3 is 0 Å². The summed E-state index contributed by atoms with van der Waals surface area (Å²) in [6.07, 6.45) is 9.17. The van der Waals surface area contributed by atoms with Crippen molar-refractivity contribution in [2.45, 2.75) is 52.1 Å². The molecule has 1 aliphatic heterocycles. The molecule has 0 saturated carbocycles. The van der Waals surface area contributed by atoms with Crippen LogP contribution in [0.3, 0.4) is 0 Å². The van der Waals surface area contributed by atoms with Gasteiger partial charge in [0.2, 0.25) is 5.88 Å². The van der Waals surface area contributed by atoms with Crippen molar-refractivity contribution in [3.8, 4) is 5.88 Å². The van der Waals surface area contributed by atoms with E-state index in [0.717, 1.165) is 18.5 Å². The number of allylic oxidation sites excluding steroid dienone is 2. The van der Waals surface area contributed by atoms with E-state index in [-0.39, 0.29) is 17.1 Å². The molecule has 3 heterocycles. The van der Waals surface area contributed by atoms with Crippen molar-refractivity contribution in [3.05, 3.63) is 83.3 Å². The Morgan fingerprint density at radius 2 is 1.97 bits per heavy atom. The van der Waals surface area contributed by atoms with Crippen LogP contribution in [0.4, 0.5) is 0 Å². The van der Waals surface area contributed by atoms with Gasteiger partial charge in [0.1, 0.15) is 17.6 Å². The van der Waals surface area contributed by atoms with Crippen LogP contribution >= 0.6 is 0 Å². The summed E-state index contributed by atoms with van der Waals surface area (Å²) in [5.41, 5.74) is 2.55. The van der Waals surface area contributed by atoms with Crippen molar-refractivity contribution in [2.24, 2.45) is 5.41 Å².